The van der Waals surface area contributed by atoms with Crippen molar-refractivity contribution in [3.8, 4) is 0 Å². The summed E-state index contributed by atoms with van der Waals surface area (Å²) in [6, 6.07) is 6.56. The summed E-state index contributed by atoms with van der Waals surface area (Å²) >= 11 is 1.34. The Labute approximate surface area is 123 Å². The number of amides is 1. The minimum absolute atomic E-state index is 0.0484. The van der Waals surface area contributed by atoms with Gasteiger partial charge in [0.25, 0.3) is 0 Å². The van der Waals surface area contributed by atoms with E-state index in [1.54, 1.807) is 18.2 Å². The lowest BCUT2D eigenvalue weighted by Gasteiger charge is -2.06. The molecular weight excluding hydrogens is 277 g/mol. The molecule has 5 heteroatoms. The third-order valence-electron chi connectivity index (χ3n) is 2.34. The maximum atomic E-state index is 13.3. The van der Waals surface area contributed by atoms with Gasteiger partial charge < -0.3 is 10.1 Å². The Morgan fingerprint density at radius 2 is 2.20 bits per heavy atom. The highest BCUT2D eigenvalue weighted by atomic mass is 32.2. The molecule has 0 fully saturated rings. The van der Waals surface area contributed by atoms with Gasteiger partial charge in [-0.25, -0.2) is 4.39 Å². The molecule has 1 amide bonds. The van der Waals surface area contributed by atoms with Crippen molar-refractivity contribution >= 4 is 17.7 Å². The minimum Gasteiger partial charge on any atom is -0.375 e. The predicted octanol–water partition coefficient (Wildman–Crippen LogP) is 3.02. The number of nitrogens with one attached hydrogen (secondary N) is 1. The van der Waals surface area contributed by atoms with Crippen molar-refractivity contribution in [3.05, 3.63) is 42.2 Å². The molecular formula is C15H20FNO2S. The van der Waals surface area contributed by atoms with Crippen LogP contribution in [0.1, 0.15) is 13.3 Å². The fourth-order valence-electron chi connectivity index (χ4n) is 1.41. The second kappa shape index (κ2) is 9.55. The van der Waals surface area contributed by atoms with Crippen LogP contribution in [-0.4, -0.2) is 31.4 Å². The van der Waals surface area contributed by atoms with Crippen molar-refractivity contribution in [2.24, 2.45) is 0 Å². The van der Waals surface area contributed by atoms with Crippen molar-refractivity contribution in [1.29, 1.82) is 0 Å². The van der Waals surface area contributed by atoms with E-state index in [0.29, 0.717) is 36.8 Å². The molecule has 0 saturated carbocycles. The molecule has 0 unspecified atom stereocenters. The predicted molar refractivity (Wildman–Crippen MR) is 80.4 cm³/mol. The summed E-state index contributed by atoms with van der Waals surface area (Å²) in [4.78, 5) is 12.1. The van der Waals surface area contributed by atoms with E-state index in [1.807, 2.05) is 6.92 Å². The lowest BCUT2D eigenvalue weighted by Crippen LogP contribution is -2.27. The van der Waals surface area contributed by atoms with Crippen molar-refractivity contribution in [2.75, 3.05) is 25.5 Å². The monoisotopic (exact) mass is 297 g/mol. The Morgan fingerprint density at radius 3 is 2.90 bits per heavy atom. The summed E-state index contributed by atoms with van der Waals surface area (Å²) < 4.78 is 18.6. The molecule has 20 heavy (non-hydrogen) atoms. The van der Waals surface area contributed by atoms with E-state index in [9.17, 15) is 9.18 Å². The van der Waals surface area contributed by atoms with Gasteiger partial charge in [-0.3, -0.25) is 4.79 Å². The van der Waals surface area contributed by atoms with Crippen LogP contribution in [0.3, 0.4) is 0 Å². The molecule has 1 aromatic carbocycles. The Hall–Kier alpha value is -1.33. The van der Waals surface area contributed by atoms with Gasteiger partial charge in [0.05, 0.1) is 13.2 Å². The van der Waals surface area contributed by atoms with Crippen LogP contribution in [-0.2, 0) is 9.53 Å². The van der Waals surface area contributed by atoms with E-state index in [4.69, 9.17) is 4.74 Å². The van der Waals surface area contributed by atoms with Gasteiger partial charge in [-0.05, 0) is 19.1 Å². The van der Waals surface area contributed by atoms with E-state index in [-0.39, 0.29) is 11.7 Å². The Kier molecular flexibility index (Phi) is 7.99. The zero-order valence-electron chi connectivity index (χ0n) is 11.7. The van der Waals surface area contributed by atoms with E-state index < -0.39 is 0 Å². The second-order valence-corrected chi connectivity index (χ2v) is 5.53. The van der Waals surface area contributed by atoms with Crippen LogP contribution >= 0.6 is 11.8 Å². The van der Waals surface area contributed by atoms with E-state index in [2.05, 4.69) is 11.9 Å². The van der Waals surface area contributed by atoms with Gasteiger partial charge in [0.15, 0.2) is 0 Å². The molecule has 0 aliphatic rings. The van der Waals surface area contributed by atoms with Gasteiger partial charge in [0, 0.05) is 23.6 Å². The highest BCUT2D eigenvalue weighted by Crippen LogP contribution is 2.21. The molecule has 0 bridgehead atoms. The first kappa shape index (κ1) is 16.7. The summed E-state index contributed by atoms with van der Waals surface area (Å²) in [7, 11) is 0. The molecule has 0 aliphatic carbocycles. The average Bonchev–Trinajstić information content (AvgIpc) is 2.40. The van der Waals surface area contributed by atoms with Crippen LogP contribution < -0.4 is 5.32 Å². The number of hydrogen-bond acceptors (Lipinski definition) is 3. The molecule has 0 atom stereocenters. The number of ether oxygens (including phenoxy) is 1. The van der Waals surface area contributed by atoms with Crippen molar-refractivity contribution in [1.82, 2.24) is 5.32 Å². The fraction of sp³-hybridized carbons (Fsp3) is 0.400. The van der Waals surface area contributed by atoms with Crippen molar-refractivity contribution in [2.45, 2.75) is 18.2 Å². The standard InChI is InChI=1S/C15H20FNO2S/c1-12(2)11-19-9-8-17-15(18)7-10-20-14-6-4-3-5-13(14)16/h3-6H,1,7-11H2,2H3,(H,17,18). The number of halogens is 1. The first-order valence-electron chi connectivity index (χ1n) is 6.45. The molecule has 0 radical (unpaired) electrons. The Balaban J connectivity index is 2.09. The molecule has 110 valence electrons. The van der Waals surface area contributed by atoms with Gasteiger partial charge in [0.1, 0.15) is 5.82 Å². The second-order valence-electron chi connectivity index (χ2n) is 4.39. The zero-order valence-corrected chi connectivity index (χ0v) is 12.5. The van der Waals surface area contributed by atoms with Crippen LogP contribution in [0.5, 0.6) is 0 Å². The number of benzene rings is 1. The smallest absolute Gasteiger partial charge is 0.220 e. The lowest BCUT2D eigenvalue weighted by molar-refractivity contribution is -0.120. The summed E-state index contributed by atoms with van der Waals surface area (Å²) in [5.74, 6) is 0.262. The molecule has 0 heterocycles. The largest absolute Gasteiger partial charge is 0.375 e. The Morgan fingerprint density at radius 1 is 1.45 bits per heavy atom. The molecule has 0 saturated heterocycles. The summed E-state index contributed by atoms with van der Waals surface area (Å²) in [6.07, 6.45) is 0.361. The third-order valence-corrected chi connectivity index (χ3v) is 3.39. The highest BCUT2D eigenvalue weighted by Gasteiger charge is 2.04. The van der Waals surface area contributed by atoms with Crippen LogP contribution in [0, 0.1) is 5.82 Å². The van der Waals surface area contributed by atoms with Crippen molar-refractivity contribution in [3.63, 3.8) is 0 Å². The van der Waals surface area contributed by atoms with Crippen LogP contribution in [0.25, 0.3) is 0 Å². The van der Waals surface area contributed by atoms with Gasteiger partial charge in [-0.2, -0.15) is 0 Å². The summed E-state index contributed by atoms with van der Waals surface area (Å²) in [6.45, 7) is 7.07. The van der Waals surface area contributed by atoms with Gasteiger partial charge in [-0.1, -0.05) is 24.3 Å². The molecule has 1 rings (SSSR count). The van der Waals surface area contributed by atoms with Crippen LogP contribution in [0.4, 0.5) is 4.39 Å². The lowest BCUT2D eigenvalue weighted by atomic mass is 10.3. The normalized spacial score (nSPS) is 10.3. The summed E-state index contributed by atoms with van der Waals surface area (Å²) in [5.41, 5.74) is 0.956. The molecule has 1 N–H and O–H groups in total. The summed E-state index contributed by atoms with van der Waals surface area (Å²) in [5, 5.41) is 2.76. The quantitative estimate of drug-likeness (QED) is 0.432. The third kappa shape index (κ3) is 7.31. The van der Waals surface area contributed by atoms with Crippen molar-refractivity contribution < 1.29 is 13.9 Å². The zero-order chi connectivity index (χ0) is 14.8. The number of hydrogen-bond donors (Lipinski definition) is 1. The number of rotatable bonds is 9. The fourth-order valence-corrected chi connectivity index (χ4v) is 2.30. The average molecular weight is 297 g/mol. The SMILES string of the molecule is C=C(C)COCCNC(=O)CCSc1ccccc1F. The number of carbonyl (C=O) groups excluding carboxylic acids is 1. The van der Waals surface area contributed by atoms with Crippen LogP contribution in [0.2, 0.25) is 0 Å². The van der Waals surface area contributed by atoms with E-state index in [1.165, 1.54) is 17.8 Å². The topological polar surface area (TPSA) is 38.3 Å². The van der Waals surface area contributed by atoms with E-state index in [0.717, 1.165) is 5.57 Å². The first-order valence-corrected chi connectivity index (χ1v) is 7.44. The van der Waals surface area contributed by atoms with Gasteiger partial charge >= 0.3 is 0 Å². The maximum absolute atomic E-state index is 13.3. The van der Waals surface area contributed by atoms with E-state index >= 15 is 0 Å². The Bertz CT molecular complexity index is 451. The van der Waals surface area contributed by atoms with Gasteiger partial charge in [0.2, 0.25) is 5.91 Å². The molecule has 0 aromatic heterocycles. The molecule has 1 aromatic rings. The molecule has 3 nitrogen and oxygen atoms in total. The first-order chi connectivity index (χ1) is 9.59. The molecule has 0 aliphatic heterocycles. The molecule has 0 spiro atoms. The number of thioether (sulfide) groups is 1. The van der Waals surface area contributed by atoms with Crippen LogP contribution in [0.15, 0.2) is 41.3 Å². The minimum atomic E-state index is -0.244. The van der Waals surface area contributed by atoms with Gasteiger partial charge in [-0.15, -0.1) is 11.8 Å². The maximum Gasteiger partial charge on any atom is 0.220 e. The highest BCUT2D eigenvalue weighted by molar-refractivity contribution is 7.99. The number of carbonyl (C=O) groups is 1.